The molecule has 0 saturated heterocycles. The molecule has 20 heavy (non-hydrogen) atoms. The molecule has 1 amide bonds. The van der Waals surface area contributed by atoms with E-state index in [-0.39, 0.29) is 12.0 Å². The van der Waals surface area contributed by atoms with E-state index in [1.54, 1.807) is 6.92 Å². The number of carbonyl (C=O) groups is 2. The molecule has 1 aromatic rings. The molecule has 1 aromatic heterocycles. The van der Waals surface area contributed by atoms with Gasteiger partial charge in [-0.2, -0.15) is 13.2 Å². The summed E-state index contributed by atoms with van der Waals surface area (Å²) < 4.78 is 36.9. The second-order valence-electron chi connectivity index (χ2n) is 4.37. The predicted octanol–water partition coefficient (Wildman–Crippen LogP) is 2.08. The Kier molecular flexibility index (Phi) is 4.36. The smallest absolute Gasteiger partial charge is 0.433 e. The molecule has 0 spiro atoms. The fraction of sp³-hybridized carbons (Fsp3) is 0.417. The lowest BCUT2D eigenvalue weighted by Crippen LogP contribution is -2.51. The van der Waals surface area contributed by atoms with Crippen LogP contribution >= 0.6 is 0 Å². The number of nitrogens with zero attached hydrogens (tertiary/aromatic N) is 1. The minimum atomic E-state index is -4.59. The standard InChI is InChI=1S/C12H13F3N2O3/c1-3-11(2,10(19)20)17-9(18)7-4-5-8(16-6-7)12(13,14)15/h4-6H,3H2,1-2H3,(H,17,18)(H,19,20). The number of rotatable bonds is 4. The SMILES string of the molecule is CCC(C)(NC(=O)c1ccc(C(F)(F)F)nc1)C(=O)O. The van der Waals surface area contributed by atoms with E-state index < -0.39 is 29.3 Å². The third kappa shape index (κ3) is 3.46. The van der Waals surface area contributed by atoms with E-state index in [1.165, 1.54) is 6.92 Å². The Balaban J connectivity index is 2.91. The van der Waals surface area contributed by atoms with E-state index in [4.69, 9.17) is 5.11 Å². The van der Waals surface area contributed by atoms with Crippen LogP contribution < -0.4 is 5.32 Å². The van der Waals surface area contributed by atoms with Gasteiger partial charge in [0.25, 0.3) is 5.91 Å². The molecular weight excluding hydrogens is 277 g/mol. The first-order valence-electron chi connectivity index (χ1n) is 5.69. The number of alkyl halides is 3. The number of aromatic nitrogens is 1. The Labute approximate surface area is 112 Å². The molecule has 0 bridgehead atoms. The highest BCUT2D eigenvalue weighted by molar-refractivity contribution is 5.97. The molecule has 110 valence electrons. The first kappa shape index (κ1) is 15.9. The van der Waals surface area contributed by atoms with Crippen molar-refractivity contribution in [2.75, 3.05) is 0 Å². The van der Waals surface area contributed by atoms with Crippen LogP contribution in [-0.4, -0.2) is 27.5 Å². The van der Waals surface area contributed by atoms with E-state index in [0.29, 0.717) is 6.07 Å². The Morgan fingerprint density at radius 2 is 1.95 bits per heavy atom. The third-order valence-electron chi connectivity index (χ3n) is 2.88. The van der Waals surface area contributed by atoms with Gasteiger partial charge in [0.15, 0.2) is 0 Å². The van der Waals surface area contributed by atoms with Crippen LogP contribution in [0.5, 0.6) is 0 Å². The third-order valence-corrected chi connectivity index (χ3v) is 2.88. The predicted molar refractivity (Wildman–Crippen MR) is 63.0 cm³/mol. The number of halogens is 3. The summed E-state index contributed by atoms with van der Waals surface area (Å²) in [6, 6.07) is 1.61. The monoisotopic (exact) mass is 290 g/mol. The minimum absolute atomic E-state index is 0.127. The molecule has 5 nitrogen and oxygen atoms in total. The van der Waals surface area contributed by atoms with Gasteiger partial charge < -0.3 is 10.4 Å². The molecule has 0 aliphatic heterocycles. The lowest BCUT2D eigenvalue weighted by molar-refractivity contribution is -0.144. The molecule has 1 rings (SSSR count). The van der Waals surface area contributed by atoms with Crippen LogP contribution in [0.4, 0.5) is 13.2 Å². The molecule has 0 radical (unpaired) electrons. The van der Waals surface area contributed by atoms with Crippen molar-refractivity contribution in [2.45, 2.75) is 32.0 Å². The number of aliphatic carboxylic acids is 1. The maximum atomic E-state index is 12.3. The van der Waals surface area contributed by atoms with Gasteiger partial charge in [-0.05, 0) is 25.5 Å². The molecule has 0 aliphatic carbocycles. The molecule has 1 atom stereocenters. The summed E-state index contributed by atoms with van der Waals surface area (Å²) in [6.45, 7) is 2.88. The molecular formula is C12H13F3N2O3. The molecule has 0 fully saturated rings. The highest BCUT2D eigenvalue weighted by Gasteiger charge is 2.34. The van der Waals surface area contributed by atoms with Crippen LogP contribution in [0.15, 0.2) is 18.3 Å². The number of pyridine rings is 1. The van der Waals surface area contributed by atoms with Crippen molar-refractivity contribution in [1.29, 1.82) is 0 Å². The van der Waals surface area contributed by atoms with Gasteiger partial charge in [-0.1, -0.05) is 6.92 Å². The van der Waals surface area contributed by atoms with Crippen molar-refractivity contribution >= 4 is 11.9 Å². The minimum Gasteiger partial charge on any atom is -0.480 e. The molecule has 1 heterocycles. The zero-order valence-electron chi connectivity index (χ0n) is 10.8. The summed E-state index contributed by atoms with van der Waals surface area (Å²) in [6.07, 6.45) is -3.70. The lowest BCUT2D eigenvalue weighted by atomic mass is 9.99. The number of hydrogen-bond acceptors (Lipinski definition) is 3. The first-order chi connectivity index (χ1) is 9.10. The number of hydrogen-bond donors (Lipinski definition) is 2. The number of carboxylic acid groups (broad SMARTS) is 1. The van der Waals surface area contributed by atoms with E-state index in [0.717, 1.165) is 12.3 Å². The Hall–Kier alpha value is -2.12. The van der Waals surface area contributed by atoms with Gasteiger partial charge in [-0.3, -0.25) is 9.78 Å². The van der Waals surface area contributed by atoms with Crippen LogP contribution in [0.2, 0.25) is 0 Å². The van der Waals surface area contributed by atoms with Gasteiger partial charge in [0.05, 0.1) is 5.56 Å². The summed E-state index contributed by atoms with van der Waals surface area (Å²) in [5.74, 6) is -2.02. The van der Waals surface area contributed by atoms with Crippen molar-refractivity contribution < 1.29 is 27.9 Å². The summed E-state index contributed by atoms with van der Waals surface area (Å²) in [7, 11) is 0. The second kappa shape index (κ2) is 5.48. The molecule has 1 unspecified atom stereocenters. The van der Waals surface area contributed by atoms with Gasteiger partial charge in [0.2, 0.25) is 0 Å². The van der Waals surface area contributed by atoms with Crippen molar-refractivity contribution in [2.24, 2.45) is 0 Å². The Bertz CT molecular complexity index is 514. The van der Waals surface area contributed by atoms with Crippen LogP contribution in [0.1, 0.15) is 36.3 Å². The van der Waals surface area contributed by atoms with Gasteiger partial charge in [0.1, 0.15) is 11.2 Å². The van der Waals surface area contributed by atoms with Gasteiger partial charge in [-0.25, -0.2) is 4.79 Å². The lowest BCUT2D eigenvalue weighted by Gasteiger charge is -2.24. The molecule has 0 aliphatic rings. The van der Waals surface area contributed by atoms with Crippen molar-refractivity contribution in [3.05, 3.63) is 29.6 Å². The second-order valence-corrected chi connectivity index (χ2v) is 4.37. The Morgan fingerprint density at radius 3 is 2.30 bits per heavy atom. The maximum absolute atomic E-state index is 12.3. The van der Waals surface area contributed by atoms with Crippen LogP contribution in [-0.2, 0) is 11.0 Å². The van der Waals surface area contributed by atoms with E-state index in [2.05, 4.69) is 10.3 Å². The molecule has 0 saturated carbocycles. The van der Waals surface area contributed by atoms with Crippen molar-refractivity contribution in [3.8, 4) is 0 Å². The average molecular weight is 290 g/mol. The number of carbonyl (C=O) groups excluding carboxylic acids is 1. The zero-order valence-corrected chi connectivity index (χ0v) is 10.8. The van der Waals surface area contributed by atoms with Crippen molar-refractivity contribution in [1.82, 2.24) is 10.3 Å². The summed E-state index contributed by atoms with van der Waals surface area (Å²) >= 11 is 0. The van der Waals surface area contributed by atoms with E-state index >= 15 is 0 Å². The molecule has 8 heteroatoms. The summed E-state index contributed by atoms with van der Waals surface area (Å²) in [4.78, 5) is 26.0. The normalized spacial score (nSPS) is 14.4. The Morgan fingerprint density at radius 1 is 1.35 bits per heavy atom. The summed E-state index contributed by atoms with van der Waals surface area (Å²) in [5.41, 5.74) is -2.75. The molecule has 2 N–H and O–H groups in total. The number of carboxylic acids is 1. The van der Waals surface area contributed by atoms with Crippen LogP contribution in [0.3, 0.4) is 0 Å². The summed E-state index contributed by atoms with van der Waals surface area (Å²) in [5, 5.41) is 11.3. The fourth-order valence-electron chi connectivity index (χ4n) is 1.31. The van der Waals surface area contributed by atoms with Crippen molar-refractivity contribution in [3.63, 3.8) is 0 Å². The van der Waals surface area contributed by atoms with Gasteiger partial charge in [-0.15, -0.1) is 0 Å². The number of amides is 1. The number of nitrogens with one attached hydrogen (secondary N) is 1. The van der Waals surface area contributed by atoms with Crippen LogP contribution in [0, 0.1) is 0 Å². The van der Waals surface area contributed by atoms with E-state index in [9.17, 15) is 22.8 Å². The maximum Gasteiger partial charge on any atom is 0.433 e. The quantitative estimate of drug-likeness (QED) is 0.889. The van der Waals surface area contributed by atoms with Gasteiger partial charge >= 0.3 is 12.1 Å². The zero-order chi connectivity index (χ0) is 15.6. The van der Waals surface area contributed by atoms with E-state index in [1.807, 2.05) is 0 Å². The van der Waals surface area contributed by atoms with Gasteiger partial charge in [0, 0.05) is 6.20 Å². The average Bonchev–Trinajstić information content (AvgIpc) is 2.37. The highest BCUT2D eigenvalue weighted by Crippen LogP contribution is 2.27. The molecule has 0 aromatic carbocycles. The fourth-order valence-corrected chi connectivity index (χ4v) is 1.31. The van der Waals surface area contributed by atoms with Crippen LogP contribution in [0.25, 0.3) is 0 Å². The topological polar surface area (TPSA) is 79.3 Å². The largest absolute Gasteiger partial charge is 0.480 e. The highest BCUT2D eigenvalue weighted by atomic mass is 19.4. The first-order valence-corrected chi connectivity index (χ1v) is 5.69.